The molecule has 0 rings (SSSR count). The molecule has 0 aliphatic heterocycles. The summed E-state index contributed by atoms with van der Waals surface area (Å²) in [6, 6.07) is -0.618. The lowest BCUT2D eigenvalue weighted by Crippen LogP contribution is -2.50. The van der Waals surface area contributed by atoms with Crippen molar-refractivity contribution in [3.05, 3.63) is 48.6 Å². The number of aliphatic carboxylic acids is 1. The number of carbonyl (C=O) groups is 3. The first-order valence-corrected chi connectivity index (χ1v) is 16.2. The zero-order chi connectivity index (χ0) is 32.2. The number of hydrogen-bond donors (Lipinski definition) is 1. The first-order valence-electron chi connectivity index (χ1n) is 16.2. The first kappa shape index (κ1) is 40.3. The van der Waals surface area contributed by atoms with Gasteiger partial charge in [0.1, 0.15) is 6.61 Å². The van der Waals surface area contributed by atoms with Crippen molar-refractivity contribution in [2.75, 3.05) is 41.0 Å². The highest BCUT2D eigenvalue weighted by Crippen LogP contribution is 2.11. The van der Waals surface area contributed by atoms with Crippen LogP contribution in [0, 0.1) is 0 Å². The molecule has 43 heavy (non-hydrogen) atoms. The molecule has 0 aliphatic carbocycles. The van der Waals surface area contributed by atoms with E-state index in [0.29, 0.717) is 19.3 Å². The molecule has 0 saturated heterocycles. The average molecular weight is 607 g/mol. The van der Waals surface area contributed by atoms with Crippen molar-refractivity contribution in [1.29, 1.82) is 0 Å². The molecule has 0 amide bonds. The number of ether oxygens (including phenoxy) is 3. The van der Waals surface area contributed by atoms with Crippen LogP contribution in [0.15, 0.2) is 48.6 Å². The van der Waals surface area contributed by atoms with Crippen LogP contribution in [-0.2, 0) is 28.6 Å². The molecule has 8 nitrogen and oxygen atoms in total. The molecular formula is C35H60NO7+. The van der Waals surface area contributed by atoms with Crippen LogP contribution in [0.3, 0.4) is 0 Å². The Hall–Kier alpha value is -2.71. The van der Waals surface area contributed by atoms with Crippen molar-refractivity contribution >= 4 is 17.9 Å². The second kappa shape index (κ2) is 26.9. The summed E-state index contributed by atoms with van der Waals surface area (Å²) in [4.78, 5) is 36.2. The van der Waals surface area contributed by atoms with E-state index in [9.17, 15) is 19.5 Å². The summed E-state index contributed by atoms with van der Waals surface area (Å²) in [6.45, 7) is 4.41. The Morgan fingerprint density at radius 1 is 0.721 bits per heavy atom. The fraction of sp³-hybridized carbons (Fsp3) is 0.686. The maximum Gasteiger partial charge on any atom is 0.362 e. The van der Waals surface area contributed by atoms with E-state index in [2.05, 4.69) is 62.5 Å². The zero-order valence-electron chi connectivity index (χ0n) is 27.6. The number of quaternary nitrogens is 1. The Kier molecular flexibility index (Phi) is 25.2. The van der Waals surface area contributed by atoms with Crippen LogP contribution in [0.4, 0.5) is 0 Å². The van der Waals surface area contributed by atoms with Crippen LogP contribution >= 0.6 is 0 Å². The molecule has 0 radical (unpaired) electrons. The van der Waals surface area contributed by atoms with Gasteiger partial charge in [0.05, 0.1) is 34.4 Å². The van der Waals surface area contributed by atoms with Gasteiger partial charge in [-0.3, -0.25) is 9.59 Å². The third kappa shape index (κ3) is 25.5. The quantitative estimate of drug-likeness (QED) is 0.0452. The number of likely N-dealkylation sites (N-methyl/N-ethyl adjacent to an activating group) is 1. The molecular weight excluding hydrogens is 546 g/mol. The van der Waals surface area contributed by atoms with Crippen molar-refractivity contribution < 1.29 is 38.2 Å². The van der Waals surface area contributed by atoms with E-state index in [0.717, 1.165) is 64.2 Å². The van der Waals surface area contributed by atoms with E-state index >= 15 is 0 Å². The maximum absolute atomic E-state index is 12.5. The van der Waals surface area contributed by atoms with Gasteiger partial charge in [-0.25, -0.2) is 4.79 Å². The minimum Gasteiger partial charge on any atom is -0.477 e. The third-order valence-electron chi connectivity index (χ3n) is 6.74. The number of allylic oxidation sites excluding steroid dienone is 8. The largest absolute Gasteiger partial charge is 0.477 e. The summed E-state index contributed by atoms with van der Waals surface area (Å²) in [7, 11) is 5.47. The smallest absolute Gasteiger partial charge is 0.362 e. The van der Waals surface area contributed by atoms with Gasteiger partial charge >= 0.3 is 17.9 Å². The van der Waals surface area contributed by atoms with Crippen LogP contribution in [0.25, 0.3) is 0 Å². The number of nitrogens with zero attached hydrogens (tertiary/aromatic N) is 1. The fourth-order valence-electron chi connectivity index (χ4n) is 4.20. The summed E-state index contributed by atoms with van der Waals surface area (Å²) in [6.07, 6.45) is 27.8. The van der Waals surface area contributed by atoms with E-state index in [1.807, 2.05) is 21.1 Å². The molecule has 0 aromatic carbocycles. The number of unbranched alkanes of at least 4 members (excludes halogenated alkanes) is 5. The molecule has 0 heterocycles. The van der Waals surface area contributed by atoms with Gasteiger partial charge in [-0.2, -0.15) is 0 Å². The summed E-state index contributed by atoms with van der Waals surface area (Å²) >= 11 is 0. The molecule has 0 bridgehead atoms. The molecule has 0 aliphatic rings. The van der Waals surface area contributed by atoms with Gasteiger partial charge < -0.3 is 23.8 Å². The summed E-state index contributed by atoms with van der Waals surface area (Å²) < 4.78 is 16.9. The van der Waals surface area contributed by atoms with Gasteiger partial charge in [0.25, 0.3) is 0 Å². The Bertz CT molecular complexity index is 855. The Morgan fingerprint density at radius 3 is 1.88 bits per heavy atom. The Balaban J connectivity index is 4.48. The molecule has 0 aromatic heterocycles. The molecule has 0 aromatic rings. The molecule has 2 unspecified atom stereocenters. The Labute approximate surface area is 261 Å². The van der Waals surface area contributed by atoms with Gasteiger partial charge in [0.2, 0.25) is 0 Å². The van der Waals surface area contributed by atoms with Gasteiger partial charge in [0, 0.05) is 19.3 Å². The summed E-state index contributed by atoms with van der Waals surface area (Å²) in [5.41, 5.74) is 0. The molecule has 0 saturated carbocycles. The molecule has 1 N–H and O–H groups in total. The summed E-state index contributed by atoms with van der Waals surface area (Å²) in [5, 5.41) is 9.51. The van der Waals surface area contributed by atoms with Crippen molar-refractivity contribution in [2.45, 2.75) is 116 Å². The van der Waals surface area contributed by atoms with Crippen LogP contribution in [0.2, 0.25) is 0 Å². The van der Waals surface area contributed by atoms with Crippen LogP contribution in [-0.4, -0.2) is 80.6 Å². The Morgan fingerprint density at radius 2 is 1.30 bits per heavy atom. The van der Waals surface area contributed by atoms with Crippen LogP contribution in [0.1, 0.15) is 104 Å². The van der Waals surface area contributed by atoms with Crippen LogP contribution < -0.4 is 0 Å². The maximum atomic E-state index is 12.5. The van der Waals surface area contributed by atoms with E-state index in [1.54, 1.807) is 0 Å². The SMILES string of the molecule is CC/C=C\C/C=C\C/C=C\C/C=C\CCCCC(=O)OC(COCCC(C(=O)O)[N+](C)(C)C)COC(=O)CCCCCC. The van der Waals surface area contributed by atoms with Crippen molar-refractivity contribution in [3.8, 4) is 0 Å². The van der Waals surface area contributed by atoms with Crippen molar-refractivity contribution in [3.63, 3.8) is 0 Å². The number of esters is 2. The highest BCUT2D eigenvalue weighted by Gasteiger charge is 2.31. The lowest BCUT2D eigenvalue weighted by Gasteiger charge is -2.31. The second-order valence-corrected chi connectivity index (χ2v) is 11.7. The predicted molar refractivity (Wildman–Crippen MR) is 174 cm³/mol. The first-order chi connectivity index (χ1) is 20.6. The number of rotatable bonds is 27. The van der Waals surface area contributed by atoms with E-state index in [4.69, 9.17) is 14.2 Å². The molecule has 0 fully saturated rings. The topological polar surface area (TPSA) is 99.1 Å². The minimum atomic E-state index is -0.888. The van der Waals surface area contributed by atoms with Crippen LogP contribution in [0.5, 0.6) is 0 Å². The standard InChI is InChI=1S/C35H59NO7/c1-6-8-10-12-13-14-15-16-17-18-19-20-21-22-24-26-34(38)43-31(30-42-33(37)25-23-11-9-7-2)29-41-28-27-32(35(39)40)36(3,4)5/h8,10,13-14,16-17,19-20,31-32H,6-7,9,11-12,15,18,21-30H2,1-5H3/p+1/b10-8-,14-13-,17-16-,20-19-. The highest BCUT2D eigenvalue weighted by molar-refractivity contribution is 5.72. The molecule has 8 heteroatoms. The highest BCUT2D eigenvalue weighted by atomic mass is 16.6. The molecule has 2 atom stereocenters. The number of carboxylic acids is 1. The van der Waals surface area contributed by atoms with Crippen molar-refractivity contribution in [1.82, 2.24) is 0 Å². The van der Waals surface area contributed by atoms with E-state index < -0.39 is 18.1 Å². The van der Waals surface area contributed by atoms with Gasteiger partial charge in [0.15, 0.2) is 12.1 Å². The van der Waals surface area contributed by atoms with E-state index in [-0.39, 0.29) is 42.7 Å². The summed E-state index contributed by atoms with van der Waals surface area (Å²) in [5.74, 6) is -1.56. The normalized spacial score (nSPS) is 13.8. The van der Waals surface area contributed by atoms with Gasteiger partial charge in [-0.05, 0) is 51.4 Å². The predicted octanol–water partition coefficient (Wildman–Crippen LogP) is 7.34. The lowest BCUT2D eigenvalue weighted by atomic mass is 10.1. The monoisotopic (exact) mass is 606 g/mol. The minimum absolute atomic E-state index is 0.0420. The number of hydrogen-bond acceptors (Lipinski definition) is 6. The van der Waals surface area contributed by atoms with Gasteiger partial charge in [-0.1, -0.05) is 81.7 Å². The lowest BCUT2D eigenvalue weighted by molar-refractivity contribution is -0.887. The van der Waals surface area contributed by atoms with E-state index in [1.165, 1.54) is 0 Å². The average Bonchev–Trinajstić information content (AvgIpc) is 2.94. The molecule has 0 spiro atoms. The second-order valence-electron chi connectivity index (χ2n) is 11.7. The molecule has 246 valence electrons. The zero-order valence-corrected chi connectivity index (χ0v) is 27.6. The number of carbonyl (C=O) groups excluding carboxylic acids is 2. The van der Waals surface area contributed by atoms with Crippen molar-refractivity contribution in [2.24, 2.45) is 0 Å². The fourth-order valence-corrected chi connectivity index (χ4v) is 4.20. The number of carboxylic acid groups (broad SMARTS) is 1. The third-order valence-corrected chi connectivity index (χ3v) is 6.74. The van der Waals surface area contributed by atoms with Gasteiger partial charge in [-0.15, -0.1) is 0 Å².